The first-order valence-corrected chi connectivity index (χ1v) is 5.22. The van der Waals surface area contributed by atoms with Crippen molar-refractivity contribution in [2.75, 3.05) is 0 Å². The largest absolute Gasteiger partial charge is 0.287 e. The number of alkyl halides is 2. The second-order valence-electron chi connectivity index (χ2n) is 3.54. The molecule has 0 bridgehead atoms. The third-order valence-corrected chi connectivity index (χ3v) is 3.17. The summed E-state index contributed by atoms with van der Waals surface area (Å²) in [5, 5.41) is -5.38. The van der Waals surface area contributed by atoms with Gasteiger partial charge in [0.05, 0.1) is 11.1 Å². The quantitative estimate of drug-likeness (QED) is 0.303. The molecule has 0 radical (unpaired) electrons. The van der Waals surface area contributed by atoms with Crippen molar-refractivity contribution in [1.29, 1.82) is 0 Å². The molecular formula is C10Cl2F6O. The molecule has 0 amide bonds. The number of carbonyl (C=O) groups excluding carboxylic acids is 1. The molecule has 0 saturated heterocycles. The molecule has 1 nitrogen and oxygen atoms in total. The Morgan fingerprint density at radius 3 is 1.89 bits per heavy atom. The lowest BCUT2D eigenvalue weighted by atomic mass is 9.91. The summed E-state index contributed by atoms with van der Waals surface area (Å²) in [5.41, 5.74) is -3.36. The highest BCUT2D eigenvalue weighted by Crippen LogP contribution is 2.49. The van der Waals surface area contributed by atoms with Gasteiger partial charge in [0.25, 0.3) is 5.13 Å². The van der Waals surface area contributed by atoms with E-state index in [4.69, 9.17) is 23.2 Å². The second kappa shape index (κ2) is 4.14. The summed E-state index contributed by atoms with van der Waals surface area (Å²) in [6.45, 7) is 0. The van der Waals surface area contributed by atoms with Crippen LogP contribution in [0.4, 0.5) is 26.3 Å². The molecule has 102 valence electrons. The van der Waals surface area contributed by atoms with Gasteiger partial charge in [0, 0.05) is 0 Å². The Bertz CT molecular complexity index is 652. The average molecular weight is 321 g/mol. The molecule has 1 atom stereocenters. The minimum atomic E-state index is -3.90. The third kappa shape index (κ3) is 1.68. The number of hydrogen-bond acceptors (Lipinski definition) is 1. The molecule has 2 rings (SSSR count). The van der Waals surface area contributed by atoms with E-state index < -0.39 is 56.2 Å². The van der Waals surface area contributed by atoms with Crippen LogP contribution in [0.1, 0.15) is 15.9 Å². The summed E-state index contributed by atoms with van der Waals surface area (Å²) in [7, 11) is 0. The van der Waals surface area contributed by atoms with Crippen molar-refractivity contribution >= 4 is 29.0 Å². The highest BCUT2D eigenvalue weighted by Gasteiger charge is 2.51. The number of hydrogen-bond donors (Lipinski definition) is 0. The van der Waals surface area contributed by atoms with Crippen LogP contribution >= 0.6 is 23.2 Å². The minimum Gasteiger partial charge on any atom is -0.287 e. The van der Waals surface area contributed by atoms with Crippen LogP contribution in [0.25, 0.3) is 0 Å². The molecular weight excluding hydrogens is 321 g/mol. The van der Waals surface area contributed by atoms with Crippen LogP contribution in [-0.2, 0) is 5.13 Å². The molecule has 0 fully saturated rings. The van der Waals surface area contributed by atoms with E-state index in [2.05, 4.69) is 0 Å². The van der Waals surface area contributed by atoms with Gasteiger partial charge in [-0.25, -0.2) is 26.3 Å². The number of allylic oxidation sites excluding steroid dienone is 2. The number of benzene rings is 1. The van der Waals surface area contributed by atoms with Crippen molar-refractivity contribution in [3.8, 4) is 0 Å². The lowest BCUT2D eigenvalue weighted by Crippen LogP contribution is -2.29. The maximum absolute atomic E-state index is 13.8. The van der Waals surface area contributed by atoms with Gasteiger partial charge in [0.2, 0.25) is 5.78 Å². The van der Waals surface area contributed by atoms with Crippen LogP contribution in [0, 0.1) is 23.3 Å². The fourth-order valence-electron chi connectivity index (χ4n) is 1.60. The van der Waals surface area contributed by atoms with Crippen molar-refractivity contribution in [3.63, 3.8) is 0 Å². The van der Waals surface area contributed by atoms with E-state index in [1.54, 1.807) is 0 Å². The maximum Gasteiger partial charge on any atom is 0.265 e. The summed E-state index contributed by atoms with van der Waals surface area (Å²) in [5.74, 6) is -13.1. The Morgan fingerprint density at radius 2 is 1.37 bits per heavy atom. The van der Waals surface area contributed by atoms with E-state index in [1.807, 2.05) is 0 Å². The van der Waals surface area contributed by atoms with Crippen molar-refractivity contribution < 1.29 is 31.1 Å². The van der Waals surface area contributed by atoms with Crippen molar-refractivity contribution in [2.24, 2.45) is 0 Å². The third-order valence-electron chi connectivity index (χ3n) is 2.48. The van der Waals surface area contributed by atoms with Gasteiger partial charge in [0.1, 0.15) is 5.03 Å². The second-order valence-corrected chi connectivity index (χ2v) is 4.44. The topological polar surface area (TPSA) is 17.1 Å². The molecule has 1 aromatic rings. The lowest BCUT2D eigenvalue weighted by molar-refractivity contribution is 0.101. The van der Waals surface area contributed by atoms with Gasteiger partial charge in [-0.15, -0.1) is 0 Å². The van der Waals surface area contributed by atoms with Gasteiger partial charge in [-0.3, -0.25) is 4.79 Å². The zero-order valence-corrected chi connectivity index (χ0v) is 9.94. The number of fused-ring (bicyclic) bond motifs is 1. The number of rotatable bonds is 0. The lowest BCUT2D eigenvalue weighted by Gasteiger charge is -2.25. The first-order valence-electron chi connectivity index (χ1n) is 4.47. The Labute approximate surface area is 111 Å². The fraction of sp³-hybridized carbons (Fsp3) is 0.100. The molecule has 0 heterocycles. The molecule has 1 aliphatic rings. The van der Waals surface area contributed by atoms with Crippen LogP contribution < -0.4 is 0 Å². The summed E-state index contributed by atoms with van der Waals surface area (Å²) in [4.78, 5) is 11.4. The number of ketones is 1. The Balaban J connectivity index is 3.01. The number of carbonyl (C=O) groups is 1. The zero-order valence-electron chi connectivity index (χ0n) is 8.43. The van der Waals surface area contributed by atoms with Crippen molar-refractivity contribution in [1.82, 2.24) is 0 Å². The van der Waals surface area contributed by atoms with E-state index >= 15 is 0 Å². The molecule has 1 aliphatic carbocycles. The Kier molecular flexibility index (Phi) is 3.10. The minimum absolute atomic E-state index is 1.48. The smallest absolute Gasteiger partial charge is 0.265 e. The van der Waals surface area contributed by atoms with E-state index in [1.165, 1.54) is 0 Å². The average Bonchev–Trinajstić information content (AvgIpc) is 2.35. The van der Waals surface area contributed by atoms with E-state index in [0.717, 1.165) is 0 Å². The molecule has 19 heavy (non-hydrogen) atoms. The highest BCUT2D eigenvalue weighted by atomic mass is 35.5. The zero-order chi connectivity index (χ0) is 14.7. The van der Waals surface area contributed by atoms with Gasteiger partial charge >= 0.3 is 0 Å². The summed E-state index contributed by atoms with van der Waals surface area (Å²) in [6, 6.07) is 0. The van der Waals surface area contributed by atoms with Gasteiger partial charge in [-0.2, -0.15) is 0 Å². The molecule has 0 aromatic heterocycles. The van der Waals surface area contributed by atoms with Gasteiger partial charge < -0.3 is 0 Å². The molecule has 0 saturated carbocycles. The Hall–Kier alpha value is -1.21. The number of Topliss-reactive ketones (excluding diaryl/α,β-unsaturated/α-hetero) is 1. The van der Waals surface area contributed by atoms with Crippen LogP contribution in [-0.4, -0.2) is 5.78 Å². The Morgan fingerprint density at radius 1 is 0.895 bits per heavy atom. The van der Waals surface area contributed by atoms with Crippen LogP contribution in [0.3, 0.4) is 0 Å². The molecule has 0 spiro atoms. The summed E-state index contributed by atoms with van der Waals surface area (Å²) in [6.07, 6.45) is 0. The van der Waals surface area contributed by atoms with Crippen molar-refractivity contribution in [3.05, 3.63) is 45.3 Å². The first-order chi connectivity index (χ1) is 8.62. The SMILES string of the molecule is O=C1C(Cl)=C(F)C(F)(Cl)c2c(F)c(F)c(F)c(F)c21. The summed E-state index contributed by atoms with van der Waals surface area (Å²) < 4.78 is 79.9. The van der Waals surface area contributed by atoms with Gasteiger partial charge in [-0.1, -0.05) is 23.2 Å². The normalized spacial score (nSPS) is 22.8. The van der Waals surface area contributed by atoms with Crippen LogP contribution in [0.15, 0.2) is 10.9 Å². The summed E-state index contributed by atoms with van der Waals surface area (Å²) >= 11 is 10.1. The molecule has 1 unspecified atom stereocenters. The monoisotopic (exact) mass is 320 g/mol. The predicted octanol–water partition coefficient (Wildman–Crippen LogP) is 4.22. The molecule has 0 N–H and O–H groups in total. The first kappa shape index (κ1) is 14.2. The maximum atomic E-state index is 13.8. The van der Waals surface area contributed by atoms with E-state index in [0.29, 0.717) is 0 Å². The molecule has 0 aliphatic heterocycles. The van der Waals surface area contributed by atoms with E-state index in [-0.39, 0.29) is 0 Å². The van der Waals surface area contributed by atoms with Crippen LogP contribution in [0.5, 0.6) is 0 Å². The standard InChI is InChI=1S/C10Cl2F6O/c11-3-8(19)1-2(10(12,18)9(3)17)5(14)7(16)6(15)4(1)13. The fourth-order valence-corrected chi connectivity index (χ4v) is 2.14. The predicted molar refractivity (Wildman–Crippen MR) is 53.2 cm³/mol. The molecule has 1 aromatic carbocycles. The van der Waals surface area contributed by atoms with Gasteiger partial charge in [0.15, 0.2) is 29.1 Å². The van der Waals surface area contributed by atoms with E-state index in [9.17, 15) is 31.1 Å². The van der Waals surface area contributed by atoms with Crippen LogP contribution in [0.2, 0.25) is 0 Å². The van der Waals surface area contributed by atoms with Crippen molar-refractivity contribution in [2.45, 2.75) is 5.13 Å². The number of halogens is 8. The van der Waals surface area contributed by atoms with Gasteiger partial charge in [-0.05, 0) is 0 Å². The molecule has 9 heteroatoms. The highest BCUT2D eigenvalue weighted by molar-refractivity contribution is 6.47.